The van der Waals surface area contributed by atoms with E-state index < -0.39 is 17.7 Å². The van der Waals surface area contributed by atoms with E-state index in [0.29, 0.717) is 12.1 Å². The van der Waals surface area contributed by atoms with Gasteiger partial charge in [0.05, 0.1) is 6.04 Å². The quantitative estimate of drug-likeness (QED) is 0.721. The summed E-state index contributed by atoms with van der Waals surface area (Å²) in [5, 5.41) is 10.3. The Balaban J connectivity index is 1.81. The summed E-state index contributed by atoms with van der Waals surface area (Å²) in [7, 11) is 0. The highest BCUT2D eigenvalue weighted by molar-refractivity contribution is 5.37. The molecule has 2 aromatic carbocycles. The van der Waals surface area contributed by atoms with E-state index in [1.165, 1.54) is 0 Å². The largest absolute Gasteiger partial charge is 0.508 e. The van der Waals surface area contributed by atoms with Crippen LogP contribution in [0.5, 0.6) is 5.75 Å². The van der Waals surface area contributed by atoms with Crippen molar-refractivity contribution in [3.8, 4) is 5.75 Å². The summed E-state index contributed by atoms with van der Waals surface area (Å²) in [5.41, 5.74) is 3.10. The Labute approximate surface area is 157 Å². The van der Waals surface area contributed by atoms with Gasteiger partial charge in [0.15, 0.2) is 11.6 Å². The number of rotatable bonds is 3. The smallest absolute Gasteiger partial charge is 0.163 e. The molecule has 1 unspecified atom stereocenters. The second-order valence-corrected chi connectivity index (χ2v) is 7.13. The van der Waals surface area contributed by atoms with E-state index in [0.717, 1.165) is 42.4 Å². The Morgan fingerprint density at radius 1 is 1.07 bits per heavy atom. The molecule has 3 nitrogen and oxygen atoms in total. The summed E-state index contributed by atoms with van der Waals surface area (Å²) >= 11 is 0. The van der Waals surface area contributed by atoms with Crippen LogP contribution in [0.2, 0.25) is 0 Å². The molecule has 3 aromatic rings. The normalized spacial score (nSPS) is 17.5. The molecule has 0 radical (unpaired) electrons. The monoisotopic (exact) mass is 368 g/mol. The number of aromatic nitrogens is 1. The number of phenolic OH excluding ortho intramolecular Hbond substituents is 1. The fraction of sp³-hybridized carbons (Fsp3) is 0.273. The second-order valence-electron chi connectivity index (χ2n) is 7.13. The van der Waals surface area contributed by atoms with Crippen LogP contribution in [0, 0.1) is 18.6 Å². The van der Waals surface area contributed by atoms with Gasteiger partial charge >= 0.3 is 0 Å². The lowest BCUT2D eigenvalue weighted by molar-refractivity contribution is 0.213. The van der Waals surface area contributed by atoms with Gasteiger partial charge in [0.25, 0.3) is 0 Å². The van der Waals surface area contributed by atoms with Crippen molar-refractivity contribution in [3.63, 3.8) is 0 Å². The maximum atomic E-state index is 14.7. The average Bonchev–Trinajstić information content (AvgIpc) is 3.03. The Morgan fingerprint density at radius 2 is 1.93 bits per heavy atom. The molecule has 0 saturated carbocycles. The molecule has 0 saturated heterocycles. The van der Waals surface area contributed by atoms with E-state index in [2.05, 4.69) is 9.47 Å². The SMILES string of the molecule is Cc1ccc(O)c(CN2CCCn3cccc3C2c2cccc(F)c2F)c1. The van der Waals surface area contributed by atoms with Crippen molar-refractivity contribution in [1.82, 2.24) is 9.47 Å². The average molecular weight is 368 g/mol. The zero-order valence-corrected chi connectivity index (χ0v) is 15.2. The lowest BCUT2D eigenvalue weighted by Gasteiger charge is -2.31. The Bertz CT molecular complexity index is 967. The number of benzene rings is 2. The van der Waals surface area contributed by atoms with Crippen molar-refractivity contribution >= 4 is 0 Å². The molecule has 0 spiro atoms. The highest BCUT2D eigenvalue weighted by atomic mass is 19.2. The molecule has 5 heteroatoms. The first-order valence-electron chi connectivity index (χ1n) is 9.16. The van der Waals surface area contributed by atoms with Gasteiger partial charge in [-0.3, -0.25) is 4.90 Å². The number of hydrogen-bond acceptors (Lipinski definition) is 2. The van der Waals surface area contributed by atoms with Crippen molar-refractivity contribution in [1.29, 1.82) is 0 Å². The number of phenols is 1. The molecule has 1 aliphatic rings. The zero-order chi connectivity index (χ0) is 19.0. The third kappa shape index (κ3) is 3.35. The Morgan fingerprint density at radius 3 is 2.78 bits per heavy atom. The van der Waals surface area contributed by atoms with Crippen LogP contribution in [0.15, 0.2) is 54.7 Å². The Hall–Kier alpha value is -2.66. The van der Waals surface area contributed by atoms with Gasteiger partial charge in [-0.2, -0.15) is 0 Å². The molecule has 1 N–H and O–H groups in total. The molecule has 1 aliphatic heterocycles. The molecule has 2 heterocycles. The van der Waals surface area contributed by atoms with Crippen LogP contribution in [0.1, 0.15) is 34.8 Å². The number of halogens is 2. The van der Waals surface area contributed by atoms with E-state index in [9.17, 15) is 13.9 Å². The van der Waals surface area contributed by atoms with Gasteiger partial charge in [-0.15, -0.1) is 0 Å². The first-order chi connectivity index (χ1) is 13.0. The van der Waals surface area contributed by atoms with E-state index in [4.69, 9.17) is 0 Å². The summed E-state index contributed by atoms with van der Waals surface area (Å²) in [6.07, 6.45) is 2.87. The minimum Gasteiger partial charge on any atom is -0.508 e. The summed E-state index contributed by atoms with van der Waals surface area (Å²) in [4.78, 5) is 2.12. The van der Waals surface area contributed by atoms with Gasteiger partial charge < -0.3 is 9.67 Å². The number of nitrogens with zero attached hydrogens (tertiary/aromatic N) is 2. The second kappa shape index (κ2) is 7.16. The van der Waals surface area contributed by atoms with Crippen LogP contribution in [0.25, 0.3) is 0 Å². The number of fused-ring (bicyclic) bond motifs is 1. The topological polar surface area (TPSA) is 28.4 Å². The van der Waals surface area contributed by atoms with Crippen molar-refractivity contribution in [2.24, 2.45) is 0 Å². The minimum absolute atomic E-state index is 0.221. The van der Waals surface area contributed by atoms with Gasteiger partial charge in [-0.1, -0.05) is 29.8 Å². The first kappa shape index (κ1) is 17.7. The van der Waals surface area contributed by atoms with E-state index >= 15 is 0 Å². The molecule has 0 amide bonds. The summed E-state index contributed by atoms with van der Waals surface area (Å²) in [5.74, 6) is -1.43. The van der Waals surface area contributed by atoms with Gasteiger partial charge in [0.1, 0.15) is 5.75 Å². The van der Waals surface area contributed by atoms with Gasteiger partial charge in [-0.25, -0.2) is 8.78 Å². The summed E-state index contributed by atoms with van der Waals surface area (Å²) in [6.45, 7) is 3.97. The third-order valence-electron chi connectivity index (χ3n) is 5.24. The number of hydrogen-bond donors (Lipinski definition) is 1. The molecule has 27 heavy (non-hydrogen) atoms. The molecular formula is C22H22F2N2O. The molecule has 0 fully saturated rings. The highest BCUT2D eigenvalue weighted by Crippen LogP contribution is 2.36. The van der Waals surface area contributed by atoms with Crippen LogP contribution >= 0.6 is 0 Å². The molecule has 1 aromatic heterocycles. The fourth-order valence-electron chi connectivity index (χ4n) is 3.96. The van der Waals surface area contributed by atoms with Gasteiger partial charge in [0.2, 0.25) is 0 Å². The number of aromatic hydroxyl groups is 1. The number of aryl methyl sites for hydroxylation is 2. The molecule has 4 rings (SSSR count). The summed E-state index contributed by atoms with van der Waals surface area (Å²) < 4.78 is 30.8. The van der Waals surface area contributed by atoms with Crippen molar-refractivity contribution in [2.45, 2.75) is 32.5 Å². The molecular weight excluding hydrogens is 346 g/mol. The molecule has 0 aliphatic carbocycles. The van der Waals surface area contributed by atoms with Gasteiger partial charge in [-0.05, 0) is 37.6 Å². The van der Waals surface area contributed by atoms with Crippen LogP contribution < -0.4 is 0 Å². The predicted octanol–water partition coefficient (Wildman–Crippen LogP) is 4.78. The predicted molar refractivity (Wildman–Crippen MR) is 101 cm³/mol. The van der Waals surface area contributed by atoms with Crippen molar-refractivity contribution in [2.75, 3.05) is 6.54 Å². The molecule has 140 valence electrons. The molecule has 1 atom stereocenters. The Kier molecular flexibility index (Phi) is 4.70. The van der Waals surface area contributed by atoms with E-state index in [1.807, 2.05) is 37.4 Å². The zero-order valence-electron chi connectivity index (χ0n) is 15.2. The maximum Gasteiger partial charge on any atom is 0.163 e. The van der Waals surface area contributed by atoms with Crippen LogP contribution in [0.3, 0.4) is 0 Å². The standard InChI is InChI=1S/C22H22F2N2O/c1-15-8-9-20(27)16(13-15)14-26-12-4-11-25-10-3-7-19(25)22(26)17-5-2-6-18(23)21(17)24/h2-3,5-10,13,22,27H,4,11-12,14H2,1H3. The third-order valence-corrected chi connectivity index (χ3v) is 5.24. The maximum absolute atomic E-state index is 14.7. The lowest BCUT2D eigenvalue weighted by Crippen LogP contribution is -2.30. The van der Waals surface area contributed by atoms with Crippen molar-refractivity contribution < 1.29 is 13.9 Å². The first-order valence-corrected chi connectivity index (χ1v) is 9.16. The lowest BCUT2D eigenvalue weighted by atomic mass is 9.99. The van der Waals surface area contributed by atoms with Crippen molar-refractivity contribution in [3.05, 3.63) is 88.7 Å². The fourth-order valence-corrected chi connectivity index (χ4v) is 3.96. The van der Waals surface area contributed by atoms with Crippen LogP contribution in [0.4, 0.5) is 8.78 Å². The van der Waals surface area contributed by atoms with Crippen LogP contribution in [-0.2, 0) is 13.1 Å². The highest BCUT2D eigenvalue weighted by Gasteiger charge is 2.30. The summed E-state index contributed by atoms with van der Waals surface area (Å²) in [6, 6.07) is 13.3. The van der Waals surface area contributed by atoms with Crippen LogP contribution in [-0.4, -0.2) is 21.1 Å². The molecule has 0 bridgehead atoms. The van der Waals surface area contributed by atoms with E-state index in [-0.39, 0.29) is 5.75 Å². The van der Waals surface area contributed by atoms with E-state index in [1.54, 1.807) is 18.2 Å². The van der Waals surface area contributed by atoms with Gasteiger partial charge in [0, 0.05) is 42.7 Å². The minimum atomic E-state index is -0.840.